The molecule has 0 spiro atoms. The van der Waals surface area contributed by atoms with Gasteiger partial charge in [0.05, 0.1) is 23.7 Å². The first-order valence-electron chi connectivity index (χ1n) is 9.24. The van der Waals surface area contributed by atoms with E-state index in [1.54, 1.807) is 13.4 Å². The Bertz CT molecular complexity index is 1350. The number of ether oxygens (including phenoxy) is 1. The maximum absolute atomic E-state index is 11.0. The summed E-state index contributed by atoms with van der Waals surface area (Å²) in [6.07, 6.45) is 2.63. The summed E-state index contributed by atoms with van der Waals surface area (Å²) in [4.78, 5) is 20.4. The molecule has 5 aromatic rings. The van der Waals surface area contributed by atoms with Crippen molar-refractivity contribution in [1.29, 1.82) is 0 Å². The molecule has 2 heterocycles. The van der Waals surface area contributed by atoms with Gasteiger partial charge in [-0.05, 0) is 29.8 Å². The zero-order chi connectivity index (χ0) is 19.8. The van der Waals surface area contributed by atoms with Gasteiger partial charge in [-0.2, -0.15) is 0 Å². The number of carbonyl (C=O) groups is 1. The van der Waals surface area contributed by atoms with Crippen molar-refractivity contribution in [2.75, 3.05) is 7.11 Å². The monoisotopic (exact) mass is 379 g/mol. The Morgan fingerprint density at radius 3 is 2.62 bits per heavy atom. The molecular weight excluding hydrogens is 362 g/mol. The number of hydrogen-bond donors (Lipinski definition) is 0. The molecule has 0 aliphatic rings. The van der Waals surface area contributed by atoms with Crippen molar-refractivity contribution < 1.29 is 9.53 Å². The average molecular weight is 379 g/mol. The number of methoxy groups -OCH3 is 1. The smallest absolute Gasteiger partial charge is 0.150 e. The second-order valence-electron chi connectivity index (χ2n) is 6.76. The molecule has 0 atom stereocenters. The Morgan fingerprint density at radius 2 is 1.83 bits per heavy atom. The fraction of sp³-hybridized carbons (Fsp3) is 0.0417. The Hall–Kier alpha value is -3.99. The number of hydrogen-bond acceptors (Lipinski definition) is 4. The van der Waals surface area contributed by atoms with Crippen molar-refractivity contribution in [2.45, 2.75) is 0 Å². The summed E-state index contributed by atoms with van der Waals surface area (Å²) in [5.74, 6) is 1.57. The highest BCUT2D eigenvalue weighted by Gasteiger charge is 2.10. The molecule has 0 bridgehead atoms. The summed E-state index contributed by atoms with van der Waals surface area (Å²) < 4.78 is 7.26. The molecule has 2 aromatic heterocycles. The molecule has 0 unspecified atom stereocenters. The number of rotatable bonds is 4. The van der Waals surface area contributed by atoms with Gasteiger partial charge in [0.2, 0.25) is 0 Å². The minimum atomic E-state index is 0.656. The molecule has 0 radical (unpaired) electrons. The van der Waals surface area contributed by atoms with E-state index in [0.29, 0.717) is 5.56 Å². The quantitative estimate of drug-likeness (QED) is 0.410. The predicted octanol–water partition coefficient (Wildman–Crippen LogP) is 5.06. The number of para-hydroxylation sites is 1. The first-order chi connectivity index (χ1) is 14.3. The largest absolute Gasteiger partial charge is 0.497 e. The third-order valence-corrected chi connectivity index (χ3v) is 5.06. The lowest BCUT2D eigenvalue weighted by Crippen LogP contribution is -1.97. The van der Waals surface area contributed by atoms with Crippen molar-refractivity contribution in [2.24, 2.45) is 0 Å². The van der Waals surface area contributed by atoms with Gasteiger partial charge in [0.25, 0.3) is 0 Å². The number of aldehydes is 1. The van der Waals surface area contributed by atoms with E-state index in [0.717, 1.165) is 50.9 Å². The maximum Gasteiger partial charge on any atom is 0.150 e. The summed E-state index contributed by atoms with van der Waals surface area (Å²) >= 11 is 0. The molecule has 5 nitrogen and oxygen atoms in total. The van der Waals surface area contributed by atoms with E-state index in [1.165, 1.54) is 0 Å². The number of benzene rings is 3. The molecule has 3 aromatic carbocycles. The Balaban J connectivity index is 1.67. The van der Waals surface area contributed by atoms with Crippen LogP contribution in [-0.2, 0) is 0 Å². The van der Waals surface area contributed by atoms with Crippen LogP contribution in [0.1, 0.15) is 10.4 Å². The number of nitrogens with zero attached hydrogens (tertiary/aromatic N) is 3. The Kier molecular flexibility index (Phi) is 4.06. The molecule has 0 N–H and O–H groups in total. The van der Waals surface area contributed by atoms with E-state index in [4.69, 9.17) is 9.72 Å². The van der Waals surface area contributed by atoms with Gasteiger partial charge >= 0.3 is 0 Å². The average Bonchev–Trinajstić information content (AvgIpc) is 3.21. The lowest BCUT2D eigenvalue weighted by molar-refractivity contribution is 0.112. The van der Waals surface area contributed by atoms with Crippen molar-refractivity contribution in [3.8, 4) is 22.7 Å². The van der Waals surface area contributed by atoms with Gasteiger partial charge in [-0.3, -0.25) is 9.36 Å². The zero-order valence-electron chi connectivity index (χ0n) is 15.7. The lowest BCUT2D eigenvalue weighted by atomic mass is 10.0. The highest BCUT2D eigenvalue weighted by atomic mass is 16.5. The van der Waals surface area contributed by atoms with Gasteiger partial charge in [-0.25, -0.2) is 9.97 Å². The van der Waals surface area contributed by atoms with Crippen molar-refractivity contribution in [3.05, 3.63) is 84.7 Å². The van der Waals surface area contributed by atoms with Crippen LogP contribution in [0.25, 0.3) is 38.9 Å². The van der Waals surface area contributed by atoms with Gasteiger partial charge in [0, 0.05) is 22.6 Å². The predicted molar refractivity (Wildman–Crippen MR) is 114 cm³/mol. The number of carbonyl (C=O) groups excluding carboxylic acids is 1. The Morgan fingerprint density at radius 1 is 0.966 bits per heavy atom. The van der Waals surface area contributed by atoms with E-state index >= 15 is 0 Å². The molecule has 0 saturated heterocycles. The lowest BCUT2D eigenvalue weighted by Gasteiger charge is -2.10. The van der Waals surface area contributed by atoms with Crippen LogP contribution in [0.5, 0.6) is 5.75 Å². The second kappa shape index (κ2) is 6.87. The van der Waals surface area contributed by atoms with Gasteiger partial charge in [0.15, 0.2) is 0 Å². The van der Waals surface area contributed by atoms with Crippen LogP contribution < -0.4 is 4.74 Å². The minimum Gasteiger partial charge on any atom is -0.497 e. The van der Waals surface area contributed by atoms with E-state index in [9.17, 15) is 4.79 Å². The first kappa shape index (κ1) is 17.1. The van der Waals surface area contributed by atoms with Crippen LogP contribution in [0.4, 0.5) is 0 Å². The SMILES string of the molecule is COc1ccc2c(c1)ncn2-c1ccc2cccc(-c3ccc(C=O)cc3)c2n1. The maximum atomic E-state index is 11.0. The molecule has 140 valence electrons. The first-order valence-corrected chi connectivity index (χ1v) is 9.24. The van der Waals surface area contributed by atoms with E-state index in [2.05, 4.69) is 11.1 Å². The minimum absolute atomic E-state index is 0.656. The summed E-state index contributed by atoms with van der Waals surface area (Å²) in [5, 5.41) is 1.05. The Labute approximate surface area is 167 Å². The molecule has 5 heteroatoms. The van der Waals surface area contributed by atoms with Crippen molar-refractivity contribution >= 4 is 28.2 Å². The van der Waals surface area contributed by atoms with Crippen molar-refractivity contribution in [1.82, 2.24) is 14.5 Å². The van der Waals surface area contributed by atoms with Crippen LogP contribution in [0, 0.1) is 0 Å². The normalized spacial score (nSPS) is 11.1. The van der Waals surface area contributed by atoms with Crippen LogP contribution in [0.15, 0.2) is 79.1 Å². The van der Waals surface area contributed by atoms with Gasteiger partial charge in [-0.1, -0.05) is 42.5 Å². The fourth-order valence-electron chi connectivity index (χ4n) is 3.55. The van der Waals surface area contributed by atoms with Crippen LogP contribution >= 0.6 is 0 Å². The van der Waals surface area contributed by atoms with E-state index in [-0.39, 0.29) is 0 Å². The number of aromatic nitrogens is 3. The molecule has 0 aliphatic carbocycles. The van der Waals surface area contributed by atoms with Crippen molar-refractivity contribution in [3.63, 3.8) is 0 Å². The molecule has 0 amide bonds. The van der Waals surface area contributed by atoms with Gasteiger partial charge < -0.3 is 4.74 Å². The molecule has 5 rings (SSSR count). The van der Waals surface area contributed by atoms with Crippen LogP contribution in [-0.4, -0.2) is 27.9 Å². The second-order valence-corrected chi connectivity index (χ2v) is 6.76. The zero-order valence-corrected chi connectivity index (χ0v) is 15.7. The molecule has 0 fully saturated rings. The summed E-state index contributed by atoms with van der Waals surface area (Å²) in [7, 11) is 1.65. The summed E-state index contributed by atoms with van der Waals surface area (Å²) in [5.41, 5.74) is 5.41. The van der Waals surface area contributed by atoms with Crippen LogP contribution in [0.3, 0.4) is 0 Å². The summed E-state index contributed by atoms with van der Waals surface area (Å²) in [6.45, 7) is 0. The highest BCUT2D eigenvalue weighted by molar-refractivity contribution is 5.94. The molecule has 29 heavy (non-hydrogen) atoms. The fourth-order valence-corrected chi connectivity index (χ4v) is 3.55. The summed E-state index contributed by atoms with van der Waals surface area (Å²) in [6, 6.07) is 23.5. The third-order valence-electron chi connectivity index (χ3n) is 5.06. The van der Waals surface area contributed by atoms with Crippen LogP contribution in [0.2, 0.25) is 0 Å². The number of fused-ring (bicyclic) bond motifs is 2. The highest BCUT2D eigenvalue weighted by Crippen LogP contribution is 2.29. The molecule has 0 aliphatic heterocycles. The number of pyridine rings is 1. The topological polar surface area (TPSA) is 57.0 Å². The standard InChI is InChI=1S/C24H17N3O2/c1-29-19-10-11-22-21(13-19)25-15-27(22)23-12-9-18-3-2-4-20(24(18)26-23)17-7-5-16(14-28)6-8-17/h2-15H,1H3. The van der Waals surface area contributed by atoms with E-state index in [1.807, 2.05) is 71.3 Å². The third kappa shape index (κ3) is 2.93. The molecular formula is C24H17N3O2. The van der Waals surface area contributed by atoms with Gasteiger partial charge in [0.1, 0.15) is 24.2 Å². The molecule has 0 saturated carbocycles. The number of imidazole rings is 1. The van der Waals surface area contributed by atoms with Gasteiger partial charge in [-0.15, -0.1) is 0 Å². The van der Waals surface area contributed by atoms with E-state index < -0.39 is 0 Å².